The first kappa shape index (κ1) is 15.3. The standard InChI is InChI=1S/C14H23NO5/c1-10(20-9-11-5-2-3-8-19-11)13(16)15-7-4-6-12(15)14(17)18/h10-12H,2-9H2,1H3,(H,17,18). The topological polar surface area (TPSA) is 76.1 Å². The summed E-state index contributed by atoms with van der Waals surface area (Å²) in [6, 6.07) is -0.695. The van der Waals surface area contributed by atoms with E-state index in [-0.39, 0.29) is 12.0 Å². The number of hydrogen-bond donors (Lipinski definition) is 1. The molecule has 2 rings (SSSR count). The Balaban J connectivity index is 1.80. The summed E-state index contributed by atoms with van der Waals surface area (Å²) in [6.45, 7) is 3.34. The molecule has 0 aliphatic carbocycles. The minimum absolute atomic E-state index is 0.0628. The lowest BCUT2D eigenvalue weighted by Gasteiger charge is -2.27. The lowest BCUT2D eigenvalue weighted by molar-refractivity contribution is -0.155. The molecule has 20 heavy (non-hydrogen) atoms. The molecule has 0 bridgehead atoms. The maximum absolute atomic E-state index is 12.2. The third kappa shape index (κ3) is 3.70. The van der Waals surface area contributed by atoms with Crippen molar-refractivity contribution in [2.75, 3.05) is 19.8 Å². The Hall–Kier alpha value is -1.14. The molecular weight excluding hydrogens is 262 g/mol. The molecule has 1 amide bonds. The fourth-order valence-corrected chi connectivity index (χ4v) is 2.78. The normalized spacial score (nSPS) is 28.4. The minimum Gasteiger partial charge on any atom is -0.480 e. The predicted octanol–water partition coefficient (Wildman–Crippen LogP) is 1.04. The third-order valence-electron chi connectivity index (χ3n) is 3.97. The van der Waals surface area contributed by atoms with Crippen molar-refractivity contribution in [3.05, 3.63) is 0 Å². The summed E-state index contributed by atoms with van der Waals surface area (Å²) < 4.78 is 11.1. The maximum atomic E-state index is 12.2. The molecule has 2 aliphatic heterocycles. The molecule has 6 heteroatoms. The highest BCUT2D eigenvalue weighted by molar-refractivity contribution is 5.86. The Labute approximate surface area is 119 Å². The zero-order valence-electron chi connectivity index (χ0n) is 11.9. The van der Waals surface area contributed by atoms with E-state index in [1.807, 2.05) is 0 Å². The van der Waals surface area contributed by atoms with Crippen LogP contribution >= 0.6 is 0 Å². The number of carboxylic acid groups (broad SMARTS) is 1. The Morgan fingerprint density at radius 1 is 1.35 bits per heavy atom. The first-order chi connectivity index (χ1) is 9.59. The molecule has 0 aromatic heterocycles. The highest BCUT2D eigenvalue weighted by Crippen LogP contribution is 2.20. The van der Waals surface area contributed by atoms with Gasteiger partial charge < -0.3 is 19.5 Å². The molecule has 0 spiro atoms. The van der Waals surface area contributed by atoms with E-state index in [2.05, 4.69) is 0 Å². The number of aliphatic carboxylic acids is 1. The van der Waals surface area contributed by atoms with Crippen LogP contribution in [0.5, 0.6) is 0 Å². The van der Waals surface area contributed by atoms with Gasteiger partial charge in [0.2, 0.25) is 0 Å². The van der Waals surface area contributed by atoms with Gasteiger partial charge in [-0.2, -0.15) is 0 Å². The molecule has 2 saturated heterocycles. The summed E-state index contributed by atoms with van der Waals surface area (Å²) in [5.41, 5.74) is 0. The van der Waals surface area contributed by atoms with Gasteiger partial charge in [0, 0.05) is 13.2 Å². The highest BCUT2D eigenvalue weighted by atomic mass is 16.5. The van der Waals surface area contributed by atoms with E-state index >= 15 is 0 Å². The SMILES string of the molecule is CC(OCC1CCCCO1)C(=O)N1CCCC1C(=O)O. The van der Waals surface area contributed by atoms with Gasteiger partial charge in [0.15, 0.2) is 0 Å². The van der Waals surface area contributed by atoms with Crippen LogP contribution in [0.3, 0.4) is 0 Å². The number of likely N-dealkylation sites (tertiary alicyclic amines) is 1. The first-order valence-corrected chi connectivity index (χ1v) is 7.36. The number of carbonyl (C=O) groups is 2. The van der Waals surface area contributed by atoms with Crippen LogP contribution in [0.25, 0.3) is 0 Å². The number of carbonyl (C=O) groups excluding carboxylic acids is 1. The minimum atomic E-state index is -0.932. The zero-order chi connectivity index (χ0) is 14.5. The molecule has 0 aromatic carbocycles. The molecule has 1 N–H and O–H groups in total. The fourth-order valence-electron chi connectivity index (χ4n) is 2.78. The van der Waals surface area contributed by atoms with Crippen molar-refractivity contribution in [3.63, 3.8) is 0 Å². The summed E-state index contributed by atoms with van der Waals surface area (Å²) in [5.74, 6) is -1.16. The molecule has 0 aromatic rings. The van der Waals surface area contributed by atoms with Crippen LogP contribution in [0.4, 0.5) is 0 Å². The van der Waals surface area contributed by atoms with E-state index < -0.39 is 18.1 Å². The van der Waals surface area contributed by atoms with Crippen LogP contribution in [0.15, 0.2) is 0 Å². The quantitative estimate of drug-likeness (QED) is 0.816. The Morgan fingerprint density at radius 3 is 2.80 bits per heavy atom. The third-order valence-corrected chi connectivity index (χ3v) is 3.97. The number of rotatable bonds is 5. The fraction of sp³-hybridized carbons (Fsp3) is 0.857. The van der Waals surface area contributed by atoms with Crippen LogP contribution < -0.4 is 0 Å². The molecule has 6 nitrogen and oxygen atoms in total. The van der Waals surface area contributed by atoms with E-state index in [1.54, 1.807) is 6.92 Å². The molecule has 2 fully saturated rings. The van der Waals surface area contributed by atoms with Crippen LogP contribution in [0.1, 0.15) is 39.0 Å². The van der Waals surface area contributed by atoms with Crippen molar-refractivity contribution in [1.82, 2.24) is 4.90 Å². The number of nitrogens with zero attached hydrogens (tertiary/aromatic N) is 1. The van der Waals surface area contributed by atoms with Gasteiger partial charge in [0.1, 0.15) is 12.1 Å². The number of carboxylic acids is 1. The van der Waals surface area contributed by atoms with Gasteiger partial charge in [-0.1, -0.05) is 0 Å². The largest absolute Gasteiger partial charge is 0.480 e. The van der Waals surface area contributed by atoms with Crippen LogP contribution in [0.2, 0.25) is 0 Å². The summed E-state index contributed by atoms with van der Waals surface area (Å²) in [7, 11) is 0. The van der Waals surface area contributed by atoms with E-state index in [0.29, 0.717) is 19.6 Å². The van der Waals surface area contributed by atoms with Crippen molar-refractivity contribution in [2.45, 2.75) is 57.3 Å². The average Bonchev–Trinajstić information content (AvgIpc) is 2.94. The molecule has 0 saturated carbocycles. The summed E-state index contributed by atoms with van der Waals surface area (Å²) in [6.07, 6.45) is 3.89. The monoisotopic (exact) mass is 285 g/mol. The smallest absolute Gasteiger partial charge is 0.326 e. The molecule has 114 valence electrons. The molecule has 3 atom stereocenters. The molecule has 0 radical (unpaired) electrons. The molecular formula is C14H23NO5. The lowest BCUT2D eigenvalue weighted by Crippen LogP contribution is -2.46. The van der Waals surface area contributed by atoms with Crippen molar-refractivity contribution < 1.29 is 24.2 Å². The summed E-state index contributed by atoms with van der Waals surface area (Å²) in [4.78, 5) is 24.7. The van der Waals surface area contributed by atoms with Gasteiger partial charge in [-0.15, -0.1) is 0 Å². The van der Waals surface area contributed by atoms with Gasteiger partial charge in [0.25, 0.3) is 5.91 Å². The molecule has 2 heterocycles. The van der Waals surface area contributed by atoms with E-state index in [4.69, 9.17) is 14.6 Å². The van der Waals surface area contributed by atoms with E-state index in [0.717, 1.165) is 32.3 Å². The number of ether oxygens (including phenoxy) is 2. The maximum Gasteiger partial charge on any atom is 0.326 e. The van der Waals surface area contributed by atoms with Crippen molar-refractivity contribution in [3.8, 4) is 0 Å². The van der Waals surface area contributed by atoms with Gasteiger partial charge in [-0.25, -0.2) is 4.79 Å². The predicted molar refractivity (Wildman–Crippen MR) is 71.4 cm³/mol. The second-order valence-electron chi connectivity index (χ2n) is 5.49. The van der Waals surface area contributed by atoms with Crippen LogP contribution in [-0.2, 0) is 19.1 Å². The summed E-state index contributed by atoms with van der Waals surface area (Å²) in [5, 5.41) is 9.09. The summed E-state index contributed by atoms with van der Waals surface area (Å²) >= 11 is 0. The highest BCUT2D eigenvalue weighted by Gasteiger charge is 2.36. The first-order valence-electron chi connectivity index (χ1n) is 7.36. The van der Waals surface area contributed by atoms with E-state index in [9.17, 15) is 9.59 Å². The van der Waals surface area contributed by atoms with Crippen molar-refractivity contribution in [1.29, 1.82) is 0 Å². The molecule has 3 unspecified atom stereocenters. The Morgan fingerprint density at radius 2 is 2.15 bits per heavy atom. The number of amides is 1. The second-order valence-corrected chi connectivity index (χ2v) is 5.49. The number of hydrogen-bond acceptors (Lipinski definition) is 4. The Bertz CT molecular complexity index is 353. The Kier molecular flexibility index (Phi) is 5.37. The van der Waals surface area contributed by atoms with Crippen molar-refractivity contribution >= 4 is 11.9 Å². The second kappa shape index (κ2) is 7.04. The van der Waals surface area contributed by atoms with Crippen LogP contribution in [-0.4, -0.2) is 59.9 Å². The van der Waals surface area contributed by atoms with Crippen molar-refractivity contribution in [2.24, 2.45) is 0 Å². The van der Waals surface area contributed by atoms with Gasteiger partial charge in [-0.3, -0.25) is 4.79 Å². The van der Waals surface area contributed by atoms with Gasteiger partial charge in [0.05, 0.1) is 12.7 Å². The molecule has 2 aliphatic rings. The van der Waals surface area contributed by atoms with Crippen LogP contribution in [0, 0.1) is 0 Å². The van der Waals surface area contributed by atoms with Gasteiger partial charge in [-0.05, 0) is 39.0 Å². The van der Waals surface area contributed by atoms with Gasteiger partial charge >= 0.3 is 5.97 Å². The van der Waals surface area contributed by atoms with E-state index in [1.165, 1.54) is 4.90 Å². The lowest BCUT2D eigenvalue weighted by atomic mass is 10.1. The average molecular weight is 285 g/mol. The zero-order valence-corrected chi connectivity index (χ0v) is 11.9.